The molecule has 0 atom stereocenters. The van der Waals surface area contributed by atoms with Gasteiger partial charge in [0.2, 0.25) is 0 Å². The van der Waals surface area contributed by atoms with Gasteiger partial charge in [0.1, 0.15) is 11.7 Å². The molecule has 5 nitrogen and oxygen atoms in total. The van der Waals surface area contributed by atoms with Crippen molar-refractivity contribution in [3.05, 3.63) is 35.1 Å². The maximum absolute atomic E-state index is 12.7. The first-order chi connectivity index (χ1) is 14.0. The molecule has 0 amide bonds. The monoisotopic (exact) mass is 450 g/mol. The normalized spacial score (nSPS) is 18.6. The molecule has 10 heteroatoms. The summed E-state index contributed by atoms with van der Waals surface area (Å²) < 4.78 is 64.8. The molecule has 0 heterocycles. The van der Waals surface area contributed by atoms with Gasteiger partial charge in [-0.1, -0.05) is 6.07 Å². The van der Waals surface area contributed by atoms with E-state index in [9.17, 15) is 28.1 Å². The fraction of sp³-hybridized carbons (Fsp3) is 0.524. The van der Waals surface area contributed by atoms with Crippen LogP contribution in [0.3, 0.4) is 0 Å². The van der Waals surface area contributed by atoms with Gasteiger partial charge in [0, 0.05) is 0 Å². The van der Waals surface area contributed by atoms with Crippen molar-refractivity contribution in [1.82, 2.24) is 0 Å². The Morgan fingerprint density at radius 1 is 1.03 bits per heavy atom. The number of hydrogen-bond donors (Lipinski definition) is 0. The van der Waals surface area contributed by atoms with E-state index < -0.39 is 35.7 Å². The van der Waals surface area contributed by atoms with Crippen LogP contribution in [0.5, 0.6) is 11.5 Å². The van der Waals surface area contributed by atoms with Crippen LogP contribution in [0.4, 0.5) is 17.6 Å². The maximum Gasteiger partial charge on any atom is 1.00 e. The molecule has 1 saturated carbocycles. The van der Waals surface area contributed by atoms with E-state index >= 15 is 0 Å². The van der Waals surface area contributed by atoms with Crippen molar-refractivity contribution in [3.63, 3.8) is 0 Å². The number of nitrogens with zero attached hydrogens (tertiary/aromatic N) is 2. The largest absolute Gasteiger partial charge is 1.00 e. The van der Waals surface area contributed by atoms with Gasteiger partial charge in [-0.2, -0.15) is 28.1 Å². The van der Waals surface area contributed by atoms with Gasteiger partial charge >= 0.3 is 42.8 Å². The number of benzene rings is 1. The van der Waals surface area contributed by atoms with Gasteiger partial charge in [0.05, 0.1) is 11.5 Å². The van der Waals surface area contributed by atoms with Crippen molar-refractivity contribution < 1.29 is 62.8 Å². The van der Waals surface area contributed by atoms with Gasteiger partial charge in [0.15, 0.2) is 17.3 Å². The molecule has 1 aromatic carbocycles. The minimum absolute atomic E-state index is 0. The summed E-state index contributed by atoms with van der Waals surface area (Å²) >= 11 is 0. The number of rotatable bonds is 6. The molecule has 0 aromatic heterocycles. The van der Waals surface area contributed by atoms with Crippen LogP contribution in [0.2, 0.25) is 0 Å². The van der Waals surface area contributed by atoms with E-state index in [1.165, 1.54) is 6.07 Å². The van der Waals surface area contributed by atoms with E-state index in [0.717, 1.165) is 17.7 Å². The molecule has 0 spiro atoms. The van der Waals surface area contributed by atoms with E-state index in [2.05, 4.69) is 21.6 Å². The van der Waals surface area contributed by atoms with E-state index in [-0.39, 0.29) is 36.7 Å². The Balaban J connectivity index is 0.00000480. The summed E-state index contributed by atoms with van der Waals surface area (Å²) in [5, 5.41) is 19.3. The molecule has 0 bridgehead atoms. The second-order valence-corrected chi connectivity index (χ2v) is 7.87. The zero-order chi connectivity index (χ0) is 22.5. The molecule has 1 aliphatic carbocycles. The number of hydrogen-bond acceptors (Lipinski definition) is 5. The van der Waals surface area contributed by atoms with E-state index in [1.54, 1.807) is 0 Å². The standard InChI is InChI=1S/C21H22F4N2O3.Na.H/c1-20(2,3)30-17(11-26)13-6-8-21(12-27,9-7-13)14-4-5-15(28-18(22)23)16(10-14)29-19(24)25;;/h4-5,10,18-19H,6-9H2,1-3H3;;/q;+1;-1. The van der Waals surface area contributed by atoms with Crippen LogP contribution >= 0.6 is 0 Å². The van der Waals surface area contributed by atoms with Gasteiger partial charge in [-0.25, -0.2) is 0 Å². The zero-order valence-electron chi connectivity index (χ0n) is 18.8. The van der Waals surface area contributed by atoms with Crippen molar-refractivity contribution in [2.24, 2.45) is 0 Å². The second kappa shape index (κ2) is 11.1. The van der Waals surface area contributed by atoms with Crippen molar-refractivity contribution in [3.8, 4) is 23.6 Å². The summed E-state index contributed by atoms with van der Waals surface area (Å²) in [6, 6.07) is 7.90. The summed E-state index contributed by atoms with van der Waals surface area (Å²) in [5.41, 5.74) is -0.462. The first-order valence-electron chi connectivity index (χ1n) is 9.26. The molecule has 0 unspecified atom stereocenters. The average molecular weight is 450 g/mol. The Labute approximate surface area is 202 Å². The molecule has 0 N–H and O–H groups in total. The van der Waals surface area contributed by atoms with Crippen molar-refractivity contribution in [2.75, 3.05) is 0 Å². The quantitative estimate of drug-likeness (QED) is 0.288. The molecule has 164 valence electrons. The first kappa shape index (κ1) is 27.1. The molecule has 1 fully saturated rings. The molecule has 0 saturated heterocycles. The maximum atomic E-state index is 12.7. The Hall–Kier alpha value is -1.94. The average Bonchev–Trinajstić information content (AvgIpc) is 2.66. The van der Waals surface area contributed by atoms with Crippen LogP contribution < -0.4 is 39.0 Å². The summed E-state index contributed by atoms with van der Waals surface area (Å²) in [6.45, 7) is -0.995. The van der Waals surface area contributed by atoms with Crippen LogP contribution in [0.25, 0.3) is 0 Å². The minimum atomic E-state index is -3.24. The zero-order valence-corrected chi connectivity index (χ0v) is 19.8. The van der Waals surface area contributed by atoms with Crippen molar-refractivity contribution >= 4 is 0 Å². The molecule has 31 heavy (non-hydrogen) atoms. The minimum Gasteiger partial charge on any atom is -1.00 e. The van der Waals surface area contributed by atoms with Gasteiger partial charge < -0.3 is 15.6 Å². The predicted octanol–water partition coefficient (Wildman–Crippen LogP) is 2.93. The molecular formula is C21H23F4N2NaO3. The van der Waals surface area contributed by atoms with Crippen LogP contribution in [0.1, 0.15) is 53.4 Å². The van der Waals surface area contributed by atoms with Gasteiger partial charge in [-0.3, -0.25) is 0 Å². The number of halogens is 4. The molecule has 2 rings (SSSR count). The van der Waals surface area contributed by atoms with E-state index in [0.29, 0.717) is 31.2 Å². The molecule has 1 aliphatic rings. The molecule has 1 aromatic rings. The Morgan fingerprint density at radius 3 is 2.03 bits per heavy atom. The third kappa shape index (κ3) is 7.31. The van der Waals surface area contributed by atoms with Crippen molar-refractivity contribution in [1.29, 1.82) is 10.5 Å². The Bertz CT molecular complexity index is 883. The first-order valence-corrected chi connectivity index (χ1v) is 9.26. The molecule has 0 radical (unpaired) electrons. The van der Waals surface area contributed by atoms with Gasteiger partial charge in [-0.05, 0) is 69.7 Å². The Morgan fingerprint density at radius 2 is 1.58 bits per heavy atom. The van der Waals surface area contributed by atoms with Crippen LogP contribution in [-0.4, -0.2) is 18.8 Å². The third-order valence-electron chi connectivity index (χ3n) is 4.68. The summed E-state index contributed by atoms with van der Waals surface area (Å²) in [7, 11) is 0. The fourth-order valence-electron chi connectivity index (χ4n) is 3.34. The smallest absolute Gasteiger partial charge is 1.00 e. The van der Waals surface area contributed by atoms with Crippen LogP contribution in [0.15, 0.2) is 29.5 Å². The van der Waals surface area contributed by atoms with Crippen LogP contribution in [-0.2, 0) is 10.2 Å². The third-order valence-corrected chi connectivity index (χ3v) is 4.68. The summed E-state index contributed by atoms with van der Waals surface area (Å²) in [6.07, 6.45) is 1.40. The predicted molar refractivity (Wildman–Crippen MR) is 100 cm³/mol. The number of alkyl halides is 4. The van der Waals surface area contributed by atoms with E-state index in [1.807, 2.05) is 20.8 Å². The molecular weight excluding hydrogens is 427 g/mol. The summed E-state index contributed by atoms with van der Waals surface area (Å²) in [5.74, 6) is -0.882. The fourth-order valence-corrected chi connectivity index (χ4v) is 3.34. The van der Waals surface area contributed by atoms with Crippen LogP contribution in [0, 0.1) is 22.7 Å². The summed E-state index contributed by atoms with van der Waals surface area (Å²) in [4.78, 5) is 0. The van der Waals surface area contributed by atoms with E-state index in [4.69, 9.17) is 4.74 Å². The number of nitriles is 2. The van der Waals surface area contributed by atoms with Gasteiger partial charge in [0.25, 0.3) is 0 Å². The van der Waals surface area contributed by atoms with Crippen molar-refractivity contribution in [2.45, 2.75) is 70.7 Å². The SMILES string of the molecule is CC(C)(C)OC(C#N)=C1CCC(C#N)(c2ccc(OC(F)F)c(OC(F)F)c2)CC1.[H-].[Na+]. The number of ether oxygens (including phenoxy) is 3. The number of allylic oxidation sites excluding steroid dienone is 2. The Kier molecular flexibility index (Phi) is 9.69. The topological polar surface area (TPSA) is 75.3 Å². The second-order valence-electron chi connectivity index (χ2n) is 7.87. The molecule has 0 aliphatic heterocycles. The van der Waals surface area contributed by atoms with Gasteiger partial charge in [-0.15, -0.1) is 0 Å².